The molecule has 0 aliphatic heterocycles. The van der Waals surface area contributed by atoms with Crippen LogP contribution in [0.25, 0.3) is 5.57 Å². The molecule has 1 aromatic carbocycles. The molecule has 106 valence electrons. The molecule has 0 aliphatic rings. The number of nitrogens with zero attached hydrogens (tertiary/aromatic N) is 1. The predicted molar refractivity (Wildman–Crippen MR) is 79.9 cm³/mol. The second-order valence-electron chi connectivity index (χ2n) is 4.83. The fourth-order valence-corrected chi connectivity index (χ4v) is 1.45. The van der Waals surface area contributed by atoms with E-state index in [2.05, 4.69) is 6.58 Å². The molecule has 0 heterocycles. The number of carbonyl (C=O) groups excluding carboxylic acids is 1. The van der Waals surface area contributed by atoms with Crippen LogP contribution in [0.4, 0.5) is 0 Å². The fraction of sp³-hybridized carbons (Fsp3) is 0.400. The molecule has 0 saturated heterocycles. The number of carbonyl (C=O) groups is 1. The van der Waals surface area contributed by atoms with E-state index < -0.39 is 5.91 Å². The summed E-state index contributed by atoms with van der Waals surface area (Å²) in [7, 11) is 3.87. The summed E-state index contributed by atoms with van der Waals surface area (Å²) in [5.41, 5.74) is 7.61. The van der Waals surface area contributed by atoms with E-state index in [-0.39, 0.29) is 6.10 Å². The van der Waals surface area contributed by atoms with E-state index in [9.17, 15) is 4.79 Å². The van der Waals surface area contributed by atoms with Gasteiger partial charge in [0, 0.05) is 12.1 Å². The molecule has 4 heteroatoms. The van der Waals surface area contributed by atoms with Gasteiger partial charge in [0.05, 0.1) is 6.10 Å². The van der Waals surface area contributed by atoms with Crippen LogP contribution in [0.15, 0.2) is 30.8 Å². The van der Waals surface area contributed by atoms with Crippen molar-refractivity contribution in [1.29, 1.82) is 0 Å². The van der Waals surface area contributed by atoms with Crippen molar-refractivity contribution in [3.63, 3.8) is 0 Å². The maximum atomic E-state index is 10.7. The van der Waals surface area contributed by atoms with Gasteiger partial charge < -0.3 is 15.7 Å². The predicted octanol–water partition coefficient (Wildman–Crippen LogP) is 1.75. The van der Waals surface area contributed by atoms with Crippen molar-refractivity contribution in [2.75, 3.05) is 20.6 Å². The molecule has 1 unspecified atom stereocenters. The number of aliphatic hydroxyl groups excluding tert-OH is 1. The SMILES string of the molecule is C=C(C)c1ccc(C(N)=O)cc1.CC(O)CN(C)C. The third-order valence-electron chi connectivity index (χ3n) is 2.29. The summed E-state index contributed by atoms with van der Waals surface area (Å²) < 4.78 is 0. The van der Waals surface area contributed by atoms with Crippen molar-refractivity contribution >= 4 is 11.5 Å². The summed E-state index contributed by atoms with van der Waals surface area (Å²) in [5, 5.41) is 8.68. The van der Waals surface area contributed by atoms with Crippen LogP contribution in [0.1, 0.15) is 29.8 Å². The van der Waals surface area contributed by atoms with E-state index in [0.29, 0.717) is 5.56 Å². The van der Waals surface area contributed by atoms with Gasteiger partial charge in [-0.1, -0.05) is 24.3 Å². The number of aliphatic hydroxyl groups is 1. The summed E-state index contributed by atoms with van der Waals surface area (Å²) in [4.78, 5) is 12.6. The van der Waals surface area contributed by atoms with Crippen LogP contribution in [-0.2, 0) is 0 Å². The molecule has 1 amide bonds. The monoisotopic (exact) mass is 264 g/mol. The molecule has 0 radical (unpaired) electrons. The van der Waals surface area contributed by atoms with Crippen molar-refractivity contribution in [2.45, 2.75) is 20.0 Å². The zero-order valence-electron chi connectivity index (χ0n) is 12.2. The van der Waals surface area contributed by atoms with Gasteiger partial charge in [-0.2, -0.15) is 0 Å². The largest absolute Gasteiger partial charge is 0.392 e. The van der Waals surface area contributed by atoms with Crippen LogP contribution in [0.5, 0.6) is 0 Å². The van der Waals surface area contributed by atoms with Crippen molar-refractivity contribution in [3.05, 3.63) is 42.0 Å². The summed E-state index contributed by atoms with van der Waals surface area (Å²) >= 11 is 0. The standard InChI is InChI=1S/C10H11NO.C5H13NO/c1-7(2)8-3-5-9(6-4-8)10(11)12;1-5(7)4-6(2)3/h3-6H,1H2,2H3,(H2,11,12);5,7H,4H2,1-3H3. The molecule has 1 rings (SSSR count). The first-order valence-electron chi connectivity index (χ1n) is 6.12. The fourth-order valence-electron chi connectivity index (χ4n) is 1.45. The minimum atomic E-state index is -0.400. The molecular formula is C15H24N2O2. The Morgan fingerprint density at radius 3 is 1.95 bits per heavy atom. The molecule has 0 bridgehead atoms. The van der Waals surface area contributed by atoms with E-state index in [4.69, 9.17) is 10.8 Å². The summed E-state index contributed by atoms with van der Waals surface area (Å²) in [6.07, 6.45) is -0.199. The van der Waals surface area contributed by atoms with Gasteiger partial charge in [-0.05, 0) is 45.6 Å². The van der Waals surface area contributed by atoms with Crippen LogP contribution in [0.3, 0.4) is 0 Å². The highest BCUT2D eigenvalue weighted by Crippen LogP contribution is 2.11. The Morgan fingerprint density at radius 2 is 1.74 bits per heavy atom. The maximum Gasteiger partial charge on any atom is 0.248 e. The van der Waals surface area contributed by atoms with Crippen LogP contribution in [0, 0.1) is 0 Å². The zero-order valence-corrected chi connectivity index (χ0v) is 12.2. The molecule has 19 heavy (non-hydrogen) atoms. The Balaban J connectivity index is 0.000000399. The van der Waals surface area contributed by atoms with Gasteiger partial charge in [0.1, 0.15) is 0 Å². The zero-order chi connectivity index (χ0) is 15.0. The van der Waals surface area contributed by atoms with Gasteiger partial charge in [-0.15, -0.1) is 0 Å². The van der Waals surface area contributed by atoms with Gasteiger partial charge in [0.25, 0.3) is 0 Å². The highest BCUT2D eigenvalue weighted by molar-refractivity contribution is 5.93. The number of allylic oxidation sites excluding steroid dienone is 1. The Morgan fingerprint density at radius 1 is 1.32 bits per heavy atom. The third kappa shape index (κ3) is 8.13. The minimum absolute atomic E-state index is 0.199. The summed E-state index contributed by atoms with van der Waals surface area (Å²) in [6, 6.07) is 7.07. The van der Waals surface area contributed by atoms with E-state index in [1.54, 1.807) is 19.1 Å². The van der Waals surface area contributed by atoms with E-state index in [1.165, 1.54) is 0 Å². The molecular weight excluding hydrogens is 240 g/mol. The van der Waals surface area contributed by atoms with Gasteiger partial charge in [-0.25, -0.2) is 0 Å². The Labute approximate surface area is 115 Å². The minimum Gasteiger partial charge on any atom is -0.392 e. The Hall–Kier alpha value is -1.65. The molecule has 4 nitrogen and oxygen atoms in total. The van der Waals surface area contributed by atoms with Crippen LogP contribution >= 0.6 is 0 Å². The molecule has 0 saturated carbocycles. The average Bonchev–Trinajstić information content (AvgIpc) is 2.28. The lowest BCUT2D eigenvalue weighted by Crippen LogP contribution is -2.22. The number of rotatable bonds is 4. The first kappa shape index (κ1) is 17.4. The second kappa shape index (κ2) is 8.45. The van der Waals surface area contributed by atoms with E-state index in [0.717, 1.165) is 17.7 Å². The number of likely N-dealkylation sites (N-methyl/N-ethyl adjacent to an activating group) is 1. The first-order chi connectivity index (χ1) is 8.73. The second-order valence-corrected chi connectivity index (χ2v) is 4.83. The van der Waals surface area contributed by atoms with Gasteiger partial charge in [0.2, 0.25) is 5.91 Å². The molecule has 0 aromatic heterocycles. The summed E-state index contributed by atoms with van der Waals surface area (Å²) in [6.45, 7) is 8.23. The van der Waals surface area contributed by atoms with Crippen molar-refractivity contribution in [1.82, 2.24) is 4.90 Å². The lowest BCUT2D eigenvalue weighted by molar-refractivity contribution is 0.1000. The number of amides is 1. The summed E-state index contributed by atoms with van der Waals surface area (Å²) in [5.74, 6) is -0.400. The van der Waals surface area contributed by atoms with Gasteiger partial charge >= 0.3 is 0 Å². The lowest BCUT2D eigenvalue weighted by atomic mass is 10.1. The van der Waals surface area contributed by atoms with Crippen LogP contribution in [0.2, 0.25) is 0 Å². The molecule has 0 aliphatic carbocycles. The number of hydrogen-bond donors (Lipinski definition) is 2. The number of primary amides is 1. The number of nitrogens with two attached hydrogens (primary N) is 1. The molecule has 1 aromatic rings. The van der Waals surface area contributed by atoms with Crippen LogP contribution in [-0.4, -0.2) is 42.7 Å². The normalized spacial score (nSPS) is 11.5. The first-order valence-corrected chi connectivity index (χ1v) is 6.12. The molecule has 0 spiro atoms. The molecule has 0 fully saturated rings. The van der Waals surface area contributed by atoms with Crippen LogP contribution < -0.4 is 5.73 Å². The average molecular weight is 264 g/mol. The highest BCUT2D eigenvalue weighted by Gasteiger charge is 1.99. The topological polar surface area (TPSA) is 66.6 Å². The number of hydrogen-bond acceptors (Lipinski definition) is 3. The van der Waals surface area contributed by atoms with Crippen molar-refractivity contribution in [2.24, 2.45) is 5.73 Å². The molecule has 1 atom stereocenters. The van der Waals surface area contributed by atoms with E-state index >= 15 is 0 Å². The smallest absolute Gasteiger partial charge is 0.248 e. The highest BCUT2D eigenvalue weighted by atomic mass is 16.3. The van der Waals surface area contributed by atoms with Crippen molar-refractivity contribution < 1.29 is 9.90 Å². The lowest BCUT2D eigenvalue weighted by Gasteiger charge is -2.10. The Kier molecular flexibility index (Phi) is 7.72. The van der Waals surface area contributed by atoms with Crippen molar-refractivity contribution in [3.8, 4) is 0 Å². The quantitative estimate of drug-likeness (QED) is 0.870. The molecule has 3 N–H and O–H groups in total. The Bertz CT molecular complexity index is 370. The third-order valence-corrected chi connectivity index (χ3v) is 2.29. The van der Waals surface area contributed by atoms with Gasteiger partial charge in [0.15, 0.2) is 0 Å². The van der Waals surface area contributed by atoms with E-state index in [1.807, 2.05) is 38.1 Å². The number of benzene rings is 1. The maximum absolute atomic E-state index is 10.7. The van der Waals surface area contributed by atoms with Gasteiger partial charge in [-0.3, -0.25) is 4.79 Å².